The zero-order valence-electron chi connectivity index (χ0n) is 12.5. The molecule has 0 radical (unpaired) electrons. The van der Waals surface area contributed by atoms with Crippen LogP contribution in [0.5, 0.6) is 0 Å². The number of carbonyl (C=O) groups excluding carboxylic acids is 2. The Balaban J connectivity index is 1.61. The van der Waals surface area contributed by atoms with Crippen molar-refractivity contribution in [2.45, 2.75) is 12.6 Å². The maximum Gasteiger partial charge on any atom is 0.418 e. The number of amides is 2. The van der Waals surface area contributed by atoms with Gasteiger partial charge in [-0.3, -0.25) is 9.59 Å². The number of alkyl halides is 3. The normalized spacial score (nSPS) is 39.2. The number of para-hydroxylation sites is 1. The topological polar surface area (TPSA) is 37.4 Å². The van der Waals surface area contributed by atoms with E-state index in [9.17, 15) is 22.8 Å². The summed E-state index contributed by atoms with van der Waals surface area (Å²) in [7, 11) is 0. The second-order valence-corrected chi connectivity index (χ2v) is 7.18. The lowest BCUT2D eigenvalue weighted by Gasteiger charge is -2.37. The van der Waals surface area contributed by atoms with Gasteiger partial charge in [-0.15, -0.1) is 0 Å². The first-order chi connectivity index (χ1) is 11.4. The van der Waals surface area contributed by atoms with Crippen molar-refractivity contribution < 1.29 is 22.8 Å². The van der Waals surface area contributed by atoms with Crippen LogP contribution in [0.2, 0.25) is 0 Å². The minimum absolute atomic E-state index is 0.00417. The number of hydrogen-bond donors (Lipinski definition) is 0. The minimum Gasteiger partial charge on any atom is -0.274 e. The summed E-state index contributed by atoms with van der Waals surface area (Å²) in [5.41, 5.74) is -1.27. The Morgan fingerprint density at radius 1 is 0.917 bits per heavy atom. The van der Waals surface area contributed by atoms with Crippen LogP contribution in [0.1, 0.15) is 12.0 Å². The quantitative estimate of drug-likeness (QED) is 0.584. The van der Waals surface area contributed by atoms with Crippen molar-refractivity contribution in [3.05, 3.63) is 42.0 Å². The van der Waals surface area contributed by atoms with Crippen molar-refractivity contribution >= 4 is 17.5 Å². The van der Waals surface area contributed by atoms with E-state index in [-0.39, 0.29) is 17.5 Å². The van der Waals surface area contributed by atoms with Crippen molar-refractivity contribution in [3.63, 3.8) is 0 Å². The zero-order valence-corrected chi connectivity index (χ0v) is 12.5. The molecule has 2 bridgehead atoms. The number of nitrogens with zero attached hydrogens (tertiary/aromatic N) is 1. The lowest BCUT2D eigenvalue weighted by molar-refractivity contribution is -0.137. The first-order valence-corrected chi connectivity index (χ1v) is 8.12. The van der Waals surface area contributed by atoms with Gasteiger partial charge in [0.2, 0.25) is 11.8 Å². The molecule has 124 valence electrons. The van der Waals surface area contributed by atoms with Crippen LogP contribution < -0.4 is 4.90 Å². The van der Waals surface area contributed by atoms with E-state index in [1.165, 1.54) is 18.2 Å². The van der Waals surface area contributed by atoms with Crippen LogP contribution in [-0.2, 0) is 15.8 Å². The molecule has 6 atom stereocenters. The second-order valence-electron chi connectivity index (χ2n) is 7.18. The standard InChI is InChI=1S/C18H14F3NO2/c19-18(20,21)12-3-1-2-4-13(12)22-16(23)14-8-5-6-9(11-7-10(8)11)15(14)17(22)24/h1-6,8-11,14-15H,7H2/t8-,9+,10-,11-,14+,15-/m1/s1. The Kier molecular flexibility index (Phi) is 2.55. The molecule has 1 heterocycles. The number of anilines is 1. The van der Waals surface area contributed by atoms with Crippen LogP contribution in [0.3, 0.4) is 0 Å². The van der Waals surface area contributed by atoms with E-state index >= 15 is 0 Å². The molecule has 3 fully saturated rings. The largest absolute Gasteiger partial charge is 0.418 e. The van der Waals surface area contributed by atoms with E-state index < -0.39 is 35.4 Å². The number of carbonyl (C=O) groups is 2. The maximum absolute atomic E-state index is 13.3. The summed E-state index contributed by atoms with van der Waals surface area (Å²) in [4.78, 5) is 26.6. The smallest absolute Gasteiger partial charge is 0.274 e. The number of rotatable bonds is 1. The number of hydrogen-bond acceptors (Lipinski definition) is 2. The molecule has 4 aliphatic carbocycles. The Hall–Kier alpha value is -2.11. The molecular weight excluding hydrogens is 319 g/mol. The summed E-state index contributed by atoms with van der Waals surface area (Å²) in [6.07, 6.45) is 0.425. The molecule has 0 N–H and O–H groups in total. The lowest BCUT2D eigenvalue weighted by Crippen LogP contribution is -2.40. The Bertz CT molecular complexity index is 764. The number of imide groups is 1. The molecule has 0 aromatic heterocycles. The van der Waals surface area contributed by atoms with Gasteiger partial charge in [-0.1, -0.05) is 24.3 Å². The van der Waals surface area contributed by atoms with Crippen molar-refractivity contribution in [1.29, 1.82) is 0 Å². The van der Waals surface area contributed by atoms with Gasteiger partial charge in [0.05, 0.1) is 23.1 Å². The Morgan fingerprint density at radius 2 is 1.46 bits per heavy atom. The Labute approximate surface area is 136 Å². The van der Waals surface area contributed by atoms with E-state index in [1.807, 2.05) is 12.2 Å². The molecule has 5 aliphatic rings. The second kappa shape index (κ2) is 4.29. The van der Waals surface area contributed by atoms with Crippen LogP contribution in [-0.4, -0.2) is 11.8 Å². The van der Waals surface area contributed by atoms with E-state index in [0.29, 0.717) is 11.8 Å². The summed E-state index contributed by atoms with van der Waals surface area (Å²) >= 11 is 0. The van der Waals surface area contributed by atoms with Gasteiger partial charge in [0, 0.05) is 0 Å². The first kappa shape index (κ1) is 14.3. The zero-order chi connectivity index (χ0) is 16.8. The van der Waals surface area contributed by atoms with Crippen molar-refractivity contribution in [3.8, 4) is 0 Å². The van der Waals surface area contributed by atoms with Crippen molar-refractivity contribution in [2.24, 2.45) is 35.5 Å². The third-order valence-corrected chi connectivity index (χ3v) is 6.11. The third kappa shape index (κ3) is 1.63. The molecule has 1 aromatic rings. The predicted octanol–water partition coefficient (Wildman–Crippen LogP) is 3.26. The summed E-state index contributed by atoms with van der Waals surface area (Å²) in [5, 5.41) is 0. The van der Waals surface area contributed by atoms with E-state index in [1.54, 1.807) is 0 Å². The fourth-order valence-corrected chi connectivity index (χ4v) is 5.10. The molecule has 1 aliphatic heterocycles. The van der Waals surface area contributed by atoms with Gasteiger partial charge in [-0.2, -0.15) is 13.2 Å². The fourth-order valence-electron chi connectivity index (χ4n) is 5.10. The summed E-state index contributed by atoms with van der Waals surface area (Å²) in [6.45, 7) is 0. The molecule has 0 spiro atoms. The van der Waals surface area contributed by atoms with E-state index in [2.05, 4.69) is 0 Å². The molecular formula is C18H14F3NO2. The van der Waals surface area contributed by atoms with Gasteiger partial charge >= 0.3 is 6.18 Å². The van der Waals surface area contributed by atoms with E-state index in [0.717, 1.165) is 17.4 Å². The highest BCUT2D eigenvalue weighted by Crippen LogP contribution is 2.65. The summed E-state index contributed by atoms with van der Waals surface area (Å²) in [5.74, 6) is -1.05. The summed E-state index contributed by atoms with van der Waals surface area (Å²) < 4.78 is 39.9. The minimum atomic E-state index is -4.61. The number of benzene rings is 1. The lowest BCUT2D eigenvalue weighted by atomic mass is 9.63. The van der Waals surface area contributed by atoms with Crippen molar-refractivity contribution in [1.82, 2.24) is 0 Å². The molecule has 2 saturated carbocycles. The highest BCUT2D eigenvalue weighted by Gasteiger charge is 2.67. The summed E-state index contributed by atoms with van der Waals surface area (Å²) in [6, 6.07) is 4.83. The molecule has 0 unspecified atom stereocenters. The van der Waals surface area contributed by atoms with Crippen LogP contribution >= 0.6 is 0 Å². The fraction of sp³-hybridized carbons (Fsp3) is 0.444. The molecule has 2 amide bonds. The molecule has 1 aromatic carbocycles. The maximum atomic E-state index is 13.3. The van der Waals surface area contributed by atoms with Crippen molar-refractivity contribution in [2.75, 3.05) is 4.90 Å². The molecule has 24 heavy (non-hydrogen) atoms. The molecule has 6 rings (SSSR count). The highest BCUT2D eigenvalue weighted by atomic mass is 19.4. The SMILES string of the molecule is O=C1[C@@H]2[C@H]3C=C[C@H]([C@H]4C[C@H]34)[C@@H]2C(=O)N1c1ccccc1C(F)(F)F. The van der Waals surface area contributed by atoms with Crippen LogP contribution in [0.15, 0.2) is 36.4 Å². The monoisotopic (exact) mass is 333 g/mol. The van der Waals surface area contributed by atoms with Gasteiger partial charge < -0.3 is 0 Å². The molecule has 6 heteroatoms. The Morgan fingerprint density at radius 3 is 2.00 bits per heavy atom. The average molecular weight is 333 g/mol. The average Bonchev–Trinajstić information content (AvgIpc) is 3.31. The first-order valence-electron chi connectivity index (χ1n) is 8.12. The molecule has 1 saturated heterocycles. The van der Waals surface area contributed by atoms with Gasteiger partial charge in [-0.25, -0.2) is 4.90 Å². The van der Waals surface area contributed by atoms with Gasteiger partial charge in [0.15, 0.2) is 0 Å². The highest BCUT2D eigenvalue weighted by molar-refractivity contribution is 6.23. The number of halogens is 3. The number of allylic oxidation sites excluding steroid dienone is 2. The van der Waals surface area contributed by atoms with E-state index in [4.69, 9.17) is 0 Å². The van der Waals surface area contributed by atoms with Crippen LogP contribution in [0.4, 0.5) is 18.9 Å². The van der Waals surface area contributed by atoms with Gasteiger partial charge in [-0.05, 0) is 42.2 Å². The van der Waals surface area contributed by atoms with Crippen LogP contribution in [0, 0.1) is 35.5 Å². The van der Waals surface area contributed by atoms with Crippen LogP contribution in [0.25, 0.3) is 0 Å². The molecule has 3 nitrogen and oxygen atoms in total. The van der Waals surface area contributed by atoms with Gasteiger partial charge in [0.25, 0.3) is 0 Å². The van der Waals surface area contributed by atoms with Gasteiger partial charge in [0.1, 0.15) is 0 Å². The predicted molar refractivity (Wildman–Crippen MR) is 78.6 cm³/mol. The third-order valence-electron chi connectivity index (χ3n) is 6.11.